The van der Waals surface area contributed by atoms with E-state index in [0.717, 1.165) is 25.9 Å². The molecule has 1 aromatic carbocycles. The first-order valence-electron chi connectivity index (χ1n) is 7.16. The number of nitrogens with one attached hydrogen (secondary N) is 1. The summed E-state index contributed by atoms with van der Waals surface area (Å²) in [5.74, 6) is 0.0885. The van der Waals surface area contributed by atoms with Crippen LogP contribution >= 0.6 is 0 Å². The average molecular weight is 307 g/mol. The van der Waals surface area contributed by atoms with E-state index in [0.29, 0.717) is 18.2 Å². The van der Waals surface area contributed by atoms with Gasteiger partial charge < -0.3 is 10.2 Å². The van der Waals surface area contributed by atoms with Crippen molar-refractivity contribution in [3.8, 4) is 6.07 Å². The monoisotopic (exact) mass is 307 g/mol. The SMILES string of the molecule is CN1CCC(NCCS(=O)(=O)c2ccc(C#N)cc2)CC1. The number of benzene rings is 1. The van der Waals surface area contributed by atoms with E-state index in [1.807, 2.05) is 6.07 Å². The van der Waals surface area contributed by atoms with Crippen molar-refractivity contribution in [3.63, 3.8) is 0 Å². The van der Waals surface area contributed by atoms with Crippen LogP contribution in [0.2, 0.25) is 0 Å². The molecule has 21 heavy (non-hydrogen) atoms. The highest BCUT2D eigenvalue weighted by atomic mass is 32.2. The van der Waals surface area contributed by atoms with Crippen molar-refractivity contribution in [2.45, 2.75) is 23.8 Å². The molecule has 0 radical (unpaired) electrons. The summed E-state index contributed by atoms with van der Waals surface area (Å²) in [6, 6.07) is 8.48. The van der Waals surface area contributed by atoms with Crippen LogP contribution < -0.4 is 5.32 Å². The molecule has 1 saturated heterocycles. The van der Waals surface area contributed by atoms with Gasteiger partial charge in [-0.25, -0.2) is 8.42 Å². The molecule has 2 rings (SSSR count). The van der Waals surface area contributed by atoms with Gasteiger partial charge in [0.2, 0.25) is 0 Å². The molecule has 0 aliphatic carbocycles. The van der Waals surface area contributed by atoms with Crippen molar-refractivity contribution in [2.24, 2.45) is 0 Å². The van der Waals surface area contributed by atoms with Gasteiger partial charge in [-0.05, 0) is 57.2 Å². The van der Waals surface area contributed by atoms with Crippen molar-refractivity contribution in [2.75, 3.05) is 32.4 Å². The van der Waals surface area contributed by atoms with E-state index in [-0.39, 0.29) is 10.6 Å². The Morgan fingerprint density at radius 2 is 1.90 bits per heavy atom. The molecule has 0 amide bonds. The van der Waals surface area contributed by atoms with E-state index >= 15 is 0 Å². The molecule has 0 bridgehead atoms. The zero-order chi connectivity index (χ0) is 15.3. The van der Waals surface area contributed by atoms with Crippen molar-refractivity contribution < 1.29 is 8.42 Å². The minimum atomic E-state index is -3.28. The largest absolute Gasteiger partial charge is 0.313 e. The topological polar surface area (TPSA) is 73.2 Å². The van der Waals surface area contributed by atoms with Gasteiger partial charge in [0.05, 0.1) is 22.3 Å². The third-order valence-corrected chi connectivity index (χ3v) is 5.60. The molecule has 114 valence electrons. The summed E-state index contributed by atoms with van der Waals surface area (Å²) >= 11 is 0. The van der Waals surface area contributed by atoms with Crippen LogP contribution in [0.25, 0.3) is 0 Å². The second-order valence-electron chi connectivity index (χ2n) is 5.49. The average Bonchev–Trinajstić information content (AvgIpc) is 2.49. The second kappa shape index (κ2) is 7.03. The van der Waals surface area contributed by atoms with E-state index in [1.54, 1.807) is 0 Å². The van der Waals surface area contributed by atoms with Crippen molar-refractivity contribution in [3.05, 3.63) is 29.8 Å². The molecule has 0 atom stereocenters. The number of nitrogens with zero attached hydrogens (tertiary/aromatic N) is 2. The zero-order valence-corrected chi connectivity index (χ0v) is 13.1. The molecule has 0 spiro atoms. The van der Waals surface area contributed by atoms with E-state index in [2.05, 4.69) is 17.3 Å². The first-order valence-corrected chi connectivity index (χ1v) is 8.81. The van der Waals surface area contributed by atoms with Gasteiger partial charge in [0.25, 0.3) is 0 Å². The Bertz CT molecular complexity index is 597. The third kappa shape index (κ3) is 4.53. The fourth-order valence-corrected chi connectivity index (χ4v) is 3.64. The van der Waals surface area contributed by atoms with Crippen LogP contribution in [0.1, 0.15) is 18.4 Å². The van der Waals surface area contributed by atoms with Gasteiger partial charge in [-0.1, -0.05) is 0 Å². The Kier molecular flexibility index (Phi) is 5.34. The summed E-state index contributed by atoms with van der Waals surface area (Å²) in [7, 11) is -1.18. The Morgan fingerprint density at radius 1 is 1.29 bits per heavy atom. The maximum absolute atomic E-state index is 12.2. The number of hydrogen-bond donors (Lipinski definition) is 1. The van der Waals surface area contributed by atoms with E-state index in [1.165, 1.54) is 24.3 Å². The Labute approximate surface area is 126 Å². The minimum Gasteiger partial charge on any atom is -0.313 e. The summed E-state index contributed by atoms with van der Waals surface area (Å²) in [5, 5.41) is 12.1. The van der Waals surface area contributed by atoms with Crippen molar-refractivity contribution in [1.29, 1.82) is 5.26 Å². The van der Waals surface area contributed by atoms with Gasteiger partial charge in [0, 0.05) is 12.6 Å². The van der Waals surface area contributed by atoms with Crippen LogP contribution in [0.5, 0.6) is 0 Å². The number of sulfone groups is 1. The Hall–Kier alpha value is -1.42. The van der Waals surface area contributed by atoms with Gasteiger partial charge >= 0.3 is 0 Å². The maximum atomic E-state index is 12.2. The molecule has 0 unspecified atom stereocenters. The molecule has 1 aliphatic heterocycles. The molecule has 1 aromatic rings. The van der Waals surface area contributed by atoms with Crippen molar-refractivity contribution in [1.82, 2.24) is 10.2 Å². The highest BCUT2D eigenvalue weighted by molar-refractivity contribution is 7.91. The molecular formula is C15H21N3O2S. The van der Waals surface area contributed by atoms with Crippen LogP contribution in [0.15, 0.2) is 29.2 Å². The molecule has 1 fully saturated rings. The number of likely N-dealkylation sites (tertiary alicyclic amines) is 1. The molecule has 1 N–H and O–H groups in total. The smallest absolute Gasteiger partial charge is 0.179 e. The van der Waals surface area contributed by atoms with Crippen LogP contribution in [-0.2, 0) is 9.84 Å². The van der Waals surface area contributed by atoms with Crippen LogP contribution in [0, 0.1) is 11.3 Å². The molecule has 0 saturated carbocycles. The third-order valence-electron chi connectivity index (χ3n) is 3.86. The summed E-state index contributed by atoms with van der Waals surface area (Å²) in [6.07, 6.45) is 2.13. The summed E-state index contributed by atoms with van der Waals surface area (Å²) < 4.78 is 24.4. The number of nitriles is 1. The van der Waals surface area contributed by atoms with Crippen molar-refractivity contribution >= 4 is 9.84 Å². The Balaban J connectivity index is 1.85. The first-order chi connectivity index (χ1) is 10.0. The number of rotatable bonds is 5. The number of piperidine rings is 1. The standard InChI is InChI=1S/C15H21N3O2S/c1-18-9-6-14(7-10-18)17-8-11-21(19,20)15-4-2-13(12-16)3-5-15/h2-5,14,17H,6-11H2,1H3. The molecule has 0 aromatic heterocycles. The van der Waals surface area contributed by atoms with E-state index in [9.17, 15) is 8.42 Å². The predicted molar refractivity (Wildman–Crippen MR) is 81.7 cm³/mol. The van der Waals surface area contributed by atoms with Crippen LogP contribution in [0.3, 0.4) is 0 Å². The molecule has 1 heterocycles. The lowest BCUT2D eigenvalue weighted by atomic mass is 10.1. The Morgan fingerprint density at radius 3 is 2.48 bits per heavy atom. The van der Waals surface area contributed by atoms with Crippen LogP contribution in [-0.4, -0.2) is 51.8 Å². The second-order valence-corrected chi connectivity index (χ2v) is 7.60. The summed E-state index contributed by atoms with van der Waals surface area (Å²) in [5.41, 5.74) is 0.471. The fourth-order valence-electron chi connectivity index (χ4n) is 2.46. The van der Waals surface area contributed by atoms with Gasteiger partial charge in [-0.3, -0.25) is 0 Å². The normalized spacial score (nSPS) is 17.5. The molecule has 6 heteroatoms. The fraction of sp³-hybridized carbons (Fsp3) is 0.533. The quantitative estimate of drug-likeness (QED) is 0.879. The van der Waals surface area contributed by atoms with Crippen LogP contribution in [0.4, 0.5) is 0 Å². The lowest BCUT2D eigenvalue weighted by molar-refractivity contribution is 0.236. The van der Waals surface area contributed by atoms with Gasteiger partial charge in [0.15, 0.2) is 9.84 Å². The highest BCUT2D eigenvalue weighted by Crippen LogP contribution is 2.12. The molecule has 5 nitrogen and oxygen atoms in total. The lowest BCUT2D eigenvalue weighted by Crippen LogP contribution is -2.42. The lowest BCUT2D eigenvalue weighted by Gasteiger charge is -2.29. The van der Waals surface area contributed by atoms with E-state index < -0.39 is 9.84 Å². The van der Waals surface area contributed by atoms with Gasteiger partial charge in [-0.2, -0.15) is 5.26 Å². The van der Waals surface area contributed by atoms with E-state index in [4.69, 9.17) is 5.26 Å². The number of hydrogen-bond acceptors (Lipinski definition) is 5. The zero-order valence-electron chi connectivity index (χ0n) is 12.2. The maximum Gasteiger partial charge on any atom is 0.179 e. The molecule has 1 aliphatic rings. The summed E-state index contributed by atoms with van der Waals surface area (Å²) in [4.78, 5) is 2.57. The summed E-state index contributed by atoms with van der Waals surface area (Å²) in [6.45, 7) is 2.58. The van der Waals surface area contributed by atoms with Gasteiger partial charge in [0.1, 0.15) is 0 Å². The first kappa shape index (κ1) is 16.0. The highest BCUT2D eigenvalue weighted by Gasteiger charge is 2.18. The molecular weight excluding hydrogens is 286 g/mol. The minimum absolute atomic E-state index is 0.0885. The van der Waals surface area contributed by atoms with Gasteiger partial charge in [-0.15, -0.1) is 0 Å². The predicted octanol–water partition coefficient (Wildman–Crippen LogP) is 1.02.